The van der Waals surface area contributed by atoms with Crippen LogP contribution in [0.25, 0.3) is 0 Å². The number of aromatic nitrogens is 1. The first kappa shape index (κ1) is 18.7. The first-order valence-electron chi connectivity index (χ1n) is 9.16. The number of nitrogens with one attached hydrogen (secondary N) is 2. The van der Waals surface area contributed by atoms with E-state index < -0.39 is 0 Å². The monoisotopic (exact) mass is 372 g/mol. The molecule has 2 aromatic heterocycles. The van der Waals surface area contributed by atoms with Gasteiger partial charge in [0.2, 0.25) is 0 Å². The first-order chi connectivity index (χ1) is 12.7. The average molecular weight is 373 g/mol. The zero-order chi connectivity index (χ0) is 18.2. The summed E-state index contributed by atoms with van der Waals surface area (Å²) in [5.41, 5.74) is 2.40. The largest absolute Gasteiger partial charge is 0.357 e. The van der Waals surface area contributed by atoms with E-state index in [0.717, 1.165) is 50.1 Å². The molecule has 0 unspecified atom stereocenters. The summed E-state index contributed by atoms with van der Waals surface area (Å²) < 4.78 is 0. The van der Waals surface area contributed by atoms with Crippen LogP contribution in [0.5, 0.6) is 0 Å². The lowest BCUT2D eigenvalue weighted by Crippen LogP contribution is -2.44. The van der Waals surface area contributed by atoms with Crippen LogP contribution in [0.3, 0.4) is 0 Å². The van der Waals surface area contributed by atoms with Crippen molar-refractivity contribution >= 4 is 23.1 Å². The summed E-state index contributed by atoms with van der Waals surface area (Å²) in [6.07, 6.45) is 1.96. The Hall–Kier alpha value is -2.12. The normalized spacial score (nSPS) is 15.9. The predicted octanol–water partition coefficient (Wildman–Crippen LogP) is 2.15. The number of piperazine rings is 1. The second-order valence-corrected chi connectivity index (χ2v) is 7.28. The van der Waals surface area contributed by atoms with E-state index in [2.05, 4.69) is 73.3 Å². The van der Waals surface area contributed by atoms with E-state index in [1.54, 1.807) is 11.3 Å². The van der Waals surface area contributed by atoms with Crippen LogP contribution in [0.15, 0.2) is 40.1 Å². The fourth-order valence-electron chi connectivity index (χ4n) is 2.82. The van der Waals surface area contributed by atoms with Crippen LogP contribution >= 0.6 is 11.3 Å². The highest BCUT2D eigenvalue weighted by Gasteiger charge is 2.14. The number of pyridine rings is 1. The maximum atomic E-state index is 4.65. The van der Waals surface area contributed by atoms with Crippen LogP contribution < -0.4 is 15.5 Å². The topological polar surface area (TPSA) is 55.8 Å². The van der Waals surface area contributed by atoms with E-state index >= 15 is 0 Å². The van der Waals surface area contributed by atoms with E-state index in [1.807, 2.05) is 6.20 Å². The SMILES string of the molecule is CCNC(=NCc1ccsc1)NCc1ccc(N2CCN(C)CC2)nc1. The lowest BCUT2D eigenvalue weighted by molar-refractivity contribution is 0.312. The molecule has 0 aliphatic carbocycles. The molecule has 0 bridgehead atoms. The average Bonchev–Trinajstić information content (AvgIpc) is 3.19. The van der Waals surface area contributed by atoms with E-state index in [0.29, 0.717) is 13.1 Å². The first-order valence-corrected chi connectivity index (χ1v) is 10.1. The summed E-state index contributed by atoms with van der Waals surface area (Å²) in [6.45, 7) is 8.60. The molecule has 2 N–H and O–H groups in total. The van der Waals surface area contributed by atoms with Crippen LogP contribution in [0.4, 0.5) is 5.82 Å². The van der Waals surface area contributed by atoms with Crippen LogP contribution in [-0.4, -0.2) is 55.6 Å². The molecule has 140 valence electrons. The van der Waals surface area contributed by atoms with Crippen LogP contribution in [-0.2, 0) is 13.1 Å². The van der Waals surface area contributed by atoms with Gasteiger partial charge in [0.15, 0.2) is 5.96 Å². The number of likely N-dealkylation sites (N-methyl/N-ethyl adjacent to an activating group) is 1. The molecule has 0 saturated carbocycles. The smallest absolute Gasteiger partial charge is 0.191 e. The molecule has 0 aromatic carbocycles. The molecule has 0 atom stereocenters. The molecule has 26 heavy (non-hydrogen) atoms. The molecule has 7 heteroatoms. The number of thiophene rings is 1. The highest BCUT2D eigenvalue weighted by atomic mass is 32.1. The second kappa shape index (κ2) is 9.54. The summed E-state index contributed by atoms with van der Waals surface area (Å²) in [7, 11) is 2.17. The van der Waals surface area contributed by atoms with Crippen molar-refractivity contribution in [2.24, 2.45) is 4.99 Å². The Morgan fingerprint density at radius 2 is 2.00 bits per heavy atom. The molecule has 3 rings (SSSR count). The Labute approximate surface area is 160 Å². The summed E-state index contributed by atoms with van der Waals surface area (Å²) in [6, 6.07) is 6.38. The summed E-state index contributed by atoms with van der Waals surface area (Å²) in [5.74, 6) is 1.90. The van der Waals surface area contributed by atoms with Gasteiger partial charge < -0.3 is 20.4 Å². The van der Waals surface area contributed by atoms with Gasteiger partial charge in [-0.25, -0.2) is 9.98 Å². The number of rotatable bonds is 6. The third-order valence-corrected chi connectivity index (χ3v) is 5.17. The van der Waals surface area contributed by atoms with Crippen LogP contribution in [0, 0.1) is 0 Å². The van der Waals surface area contributed by atoms with Crippen molar-refractivity contribution in [1.82, 2.24) is 20.5 Å². The Morgan fingerprint density at radius 1 is 1.15 bits per heavy atom. The second-order valence-electron chi connectivity index (χ2n) is 6.50. The minimum Gasteiger partial charge on any atom is -0.357 e. The number of aliphatic imine (C=N–C) groups is 1. The highest BCUT2D eigenvalue weighted by molar-refractivity contribution is 7.07. The van der Waals surface area contributed by atoms with Gasteiger partial charge in [0, 0.05) is 45.5 Å². The molecular weight excluding hydrogens is 344 g/mol. The Bertz CT molecular complexity index is 675. The summed E-state index contributed by atoms with van der Waals surface area (Å²) >= 11 is 1.70. The third-order valence-electron chi connectivity index (χ3n) is 4.44. The van der Waals surface area contributed by atoms with Crippen LogP contribution in [0.2, 0.25) is 0 Å². The van der Waals surface area contributed by atoms with Gasteiger partial charge in [-0.2, -0.15) is 11.3 Å². The predicted molar refractivity (Wildman–Crippen MR) is 110 cm³/mol. The van der Waals surface area contributed by atoms with Gasteiger partial charge in [-0.15, -0.1) is 0 Å². The Balaban J connectivity index is 1.53. The third kappa shape index (κ3) is 5.44. The molecule has 1 fully saturated rings. The van der Waals surface area contributed by atoms with E-state index in [4.69, 9.17) is 0 Å². The molecule has 1 aliphatic rings. The fourth-order valence-corrected chi connectivity index (χ4v) is 3.48. The molecule has 1 saturated heterocycles. The van der Waals surface area contributed by atoms with Crippen molar-refractivity contribution in [3.63, 3.8) is 0 Å². The zero-order valence-corrected chi connectivity index (χ0v) is 16.4. The number of hydrogen-bond acceptors (Lipinski definition) is 5. The van der Waals surface area contributed by atoms with Crippen LogP contribution in [0.1, 0.15) is 18.1 Å². The van der Waals surface area contributed by atoms with Gasteiger partial charge in [0.25, 0.3) is 0 Å². The van der Waals surface area contributed by atoms with Crippen molar-refractivity contribution in [2.75, 3.05) is 44.7 Å². The molecular formula is C19H28N6S. The van der Waals surface area contributed by atoms with E-state index in [-0.39, 0.29) is 0 Å². The molecule has 0 radical (unpaired) electrons. The molecule has 0 spiro atoms. The number of guanidine groups is 1. The number of anilines is 1. The lowest BCUT2D eigenvalue weighted by Gasteiger charge is -2.33. The minimum atomic E-state index is 0.694. The number of nitrogens with zero attached hydrogens (tertiary/aromatic N) is 4. The van der Waals surface area contributed by atoms with Gasteiger partial charge in [0.1, 0.15) is 5.82 Å². The number of hydrogen-bond donors (Lipinski definition) is 2. The van der Waals surface area contributed by atoms with Gasteiger partial charge in [-0.1, -0.05) is 6.07 Å². The fraction of sp³-hybridized carbons (Fsp3) is 0.474. The van der Waals surface area contributed by atoms with Gasteiger partial charge in [-0.05, 0) is 48.0 Å². The zero-order valence-electron chi connectivity index (χ0n) is 15.6. The summed E-state index contributed by atoms with van der Waals surface area (Å²) in [4.78, 5) is 14.0. The van der Waals surface area contributed by atoms with E-state index in [1.165, 1.54) is 5.56 Å². The van der Waals surface area contributed by atoms with Crippen molar-refractivity contribution in [3.05, 3.63) is 46.3 Å². The maximum absolute atomic E-state index is 4.65. The molecule has 1 aliphatic heterocycles. The van der Waals surface area contributed by atoms with Crippen molar-refractivity contribution in [1.29, 1.82) is 0 Å². The van der Waals surface area contributed by atoms with Gasteiger partial charge in [-0.3, -0.25) is 0 Å². The highest BCUT2D eigenvalue weighted by Crippen LogP contribution is 2.13. The quantitative estimate of drug-likeness (QED) is 0.601. The van der Waals surface area contributed by atoms with E-state index in [9.17, 15) is 0 Å². The maximum Gasteiger partial charge on any atom is 0.191 e. The Kier molecular flexibility index (Phi) is 6.85. The molecule has 3 heterocycles. The Morgan fingerprint density at radius 3 is 2.65 bits per heavy atom. The van der Waals surface area contributed by atoms with Crippen molar-refractivity contribution < 1.29 is 0 Å². The standard InChI is InChI=1S/C19H28N6S/c1-3-20-19(23-14-17-6-11-26-15-17)22-13-16-4-5-18(21-12-16)25-9-7-24(2)8-10-25/h4-6,11-12,15H,3,7-10,13-14H2,1-2H3,(H2,20,22,23). The summed E-state index contributed by atoms with van der Waals surface area (Å²) in [5, 5.41) is 10.9. The lowest BCUT2D eigenvalue weighted by atomic mass is 10.2. The minimum absolute atomic E-state index is 0.694. The molecule has 0 amide bonds. The molecule has 2 aromatic rings. The van der Waals surface area contributed by atoms with Gasteiger partial charge >= 0.3 is 0 Å². The van der Waals surface area contributed by atoms with Gasteiger partial charge in [0.05, 0.1) is 6.54 Å². The van der Waals surface area contributed by atoms with Crippen molar-refractivity contribution in [3.8, 4) is 0 Å². The molecule has 6 nitrogen and oxygen atoms in total. The van der Waals surface area contributed by atoms with Crippen molar-refractivity contribution in [2.45, 2.75) is 20.0 Å².